The Morgan fingerprint density at radius 1 is 1.00 bits per heavy atom. The van der Waals surface area contributed by atoms with Crippen LogP contribution in [0.3, 0.4) is 0 Å². The van der Waals surface area contributed by atoms with Gasteiger partial charge in [0.1, 0.15) is 18.0 Å². The quantitative estimate of drug-likeness (QED) is 0.540. The molecule has 2 aromatic carbocycles. The lowest BCUT2D eigenvalue weighted by Gasteiger charge is -2.36. The molecule has 35 heavy (non-hydrogen) atoms. The Morgan fingerprint density at radius 2 is 1.74 bits per heavy atom. The molecule has 3 heterocycles. The van der Waals surface area contributed by atoms with Crippen LogP contribution in [0.5, 0.6) is 5.75 Å². The maximum absolute atomic E-state index is 12.9. The minimum absolute atomic E-state index is 0.107. The Kier molecular flexibility index (Phi) is 6.42. The van der Waals surface area contributed by atoms with E-state index >= 15 is 0 Å². The summed E-state index contributed by atoms with van der Waals surface area (Å²) in [6.45, 7) is 2.47. The second-order valence-electron chi connectivity index (χ2n) is 8.35. The monoisotopic (exact) mass is 474 g/mol. The highest BCUT2D eigenvalue weighted by Crippen LogP contribution is 2.22. The average Bonchev–Trinajstić information content (AvgIpc) is 3.41. The number of aromatic nitrogens is 2. The van der Waals surface area contributed by atoms with Gasteiger partial charge in [-0.2, -0.15) is 10.1 Å². The highest BCUT2D eigenvalue weighted by atomic mass is 16.5. The van der Waals surface area contributed by atoms with E-state index in [1.807, 2.05) is 54.6 Å². The molecular formula is C25H26N6O4. The lowest BCUT2D eigenvalue weighted by Crippen LogP contribution is -2.51. The number of ether oxygens (including phenoxy) is 1. The third kappa shape index (κ3) is 5.01. The van der Waals surface area contributed by atoms with E-state index < -0.39 is 0 Å². The fraction of sp³-hybridized carbons (Fsp3) is 0.320. The third-order valence-corrected chi connectivity index (χ3v) is 6.16. The molecule has 0 saturated carbocycles. The number of methoxy groups -OCH3 is 1. The molecule has 0 bridgehead atoms. The average molecular weight is 475 g/mol. The first-order valence-corrected chi connectivity index (χ1v) is 11.5. The summed E-state index contributed by atoms with van der Waals surface area (Å²) in [7, 11) is 1.64. The van der Waals surface area contributed by atoms with E-state index in [1.165, 1.54) is 5.01 Å². The van der Waals surface area contributed by atoms with Gasteiger partial charge in [0.25, 0.3) is 5.89 Å². The fourth-order valence-electron chi connectivity index (χ4n) is 4.16. The molecule has 0 unspecified atom stereocenters. The molecule has 10 nitrogen and oxygen atoms in total. The smallest absolute Gasteiger partial charge is 0.274 e. The first-order valence-electron chi connectivity index (χ1n) is 11.5. The second kappa shape index (κ2) is 9.96. The molecule has 0 N–H and O–H groups in total. The van der Waals surface area contributed by atoms with Crippen molar-refractivity contribution in [3.8, 4) is 17.1 Å². The predicted octanol–water partition coefficient (Wildman–Crippen LogP) is 2.42. The van der Waals surface area contributed by atoms with Crippen molar-refractivity contribution in [3.63, 3.8) is 0 Å². The summed E-state index contributed by atoms with van der Waals surface area (Å²) in [6, 6.07) is 17.4. The summed E-state index contributed by atoms with van der Waals surface area (Å²) in [5.74, 6) is 1.21. The van der Waals surface area contributed by atoms with Crippen LogP contribution in [-0.2, 0) is 9.59 Å². The van der Waals surface area contributed by atoms with Crippen LogP contribution >= 0.6 is 0 Å². The van der Waals surface area contributed by atoms with E-state index in [2.05, 4.69) is 20.1 Å². The number of hydrogen-bond donors (Lipinski definition) is 0. The van der Waals surface area contributed by atoms with Gasteiger partial charge in [0, 0.05) is 50.3 Å². The molecule has 5 rings (SSSR count). The Morgan fingerprint density at radius 3 is 2.46 bits per heavy atom. The highest BCUT2D eigenvalue weighted by Gasteiger charge is 2.29. The molecule has 0 atom stereocenters. The minimum atomic E-state index is -0.193. The van der Waals surface area contributed by atoms with E-state index in [1.54, 1.807) is 12.0 Å². The van der Waals surface area contributed by atoms with Crippen LogP contribution < -0.4 is 9.64 Å². The van der Waals surface area contributed by atoms with E-state index in [-0.39, 0.29) is 30.7 Å². The van der Waals surface area contributed by atoms with Crippen molar-refractivity contribution in [1.29, 1.82) is 0 Å². The molecule has 10 heteroatoms. The molecule has 1 aromatic heterocycles. The summed E-state index contributed by atoms with van der Waals surface area (Å²) < 4.78 is 10.6. The van der Waals surface area contributed by atoms with Crippen molar-refractivity contribution in [2.75, 3.05) is 44.7 Å². The van der Waals surface area contributed by atoms with Crippen molar-refractivity contribution >= 4 is 23.2 Å². The molecule has 1 fully saturated rings. The van der Waals surface area contributed by atoms with Gasteiger partial charge in [0.15, 0.2) is 0 Å². The number of piperazine rings is 1. The van der Waals surface area contributed by atoms with Crippen molar-refractivity contribution < 1.29 is 18.8 Å². The van der Waals surface area contributed by atoms with Gasteiger partial charge in [-0.3, -0.25) is 9.59 Å². The number of carbonyl (C=O) groups excluding carboxylic acids is 2. The Labute approximate surface area is 202 Å². The first-order chi connectivity index (χ1) is 17.1. The van der Waals surface area contributed by atoms with Crippen molar-refractivity contribution in [2.24, 2.45) is 5.10 Å². The van der Waals surface area contributed by atoms with Crippen LogP contribution in [0.1, 0.15) is 18.7 Å². The minimum Gasteiger partial charge on any atom is -0.497 e. The number of hydrogen-bond acceptors (Lipinski definition) is 8. The van der Waals surface area contributed by atoms with E-state index in [0.717, 1.165) is 17.0 Å². The predicted molar refractivity (Wildman–Crippen MR) is 129 cm³/mol. The van der Waals surface area contributed by atoms with E-state index in [4.69, 9.17) is 9.26 Å². The van der Waals surface area contributed by atoms with Gasteiger partial charge in [0.05, 0.1) is 7.11 Å². The van der Waals surface area contributed by atoms with Crippen LogP contribution in [0.25, 0.3) is 11.4 Å². The number of benzene rings is 2. The molecule has 0 aliphatic carbocycles. The van der Waals surface area contributed by atoms with Crippen LogP contribution in [0.2, 0.25) is 0 Å². The van der Waals surface area contributed by atoms with Gasteiger partial charge < -0.3 is 19.1 Å². The molecule has 3 aromatic rings. The van der Waals surface area contributed by atoms with Crippen molar-refractivity contribution in [2.45, 2.75) is 12.8 Å². The van der Waals surface area contributed by atoms with Crippen LogP contribution in [0.4, 0.5) is 5.69 Å². The summed E-state index contributed by atoms with van der Waals surface area (Å²) in [5, 5.41) is 9.64. The van der Waals surface area contributed by atoms with Crippen LogP contribution in [0.15, 0.2) is 64.2 Å². The SMILES string of the molecule is COc1ccc(N2CCN(C(=O)CN3N=C(c4nc(-c5ccccc5)no4)CCC3=O)CC2)cc1. The maximum atomic E-state index is 12.9. The molecule has 0 radical (unpaired) electrons. The second-order valence-corrected chi connectivity index (χ2v) is 8.35. The Bertz CT molecular complexity index is 1220. The molecule has 2 aliphatic rings. The third-order valence-electron chi connectivity index (χ3n) is 6.16. The number of nitrogens with zero attached hydrogens (tertiary/aromatic N) is 6. The molecular weight excluding hydrogens is 448 g/mol. The normalized spacial score (nSPS) is 16.3. The lowest BCUT2D eigenvalue weighted by atomic mass is 10.1. The van der Waals surface area contributed by atoms with Gasteiger partial charge >= 0.3 is 0 Å². The zero-order chi connectivity index (χ0) is 24.2. The summed E-state index contributed by atoms with van der Waals surface area (Å²) in [4.78, 5) is 33.8. The number of carbonyl (C=O) groups is 2. The molecule has 0 spiro atoms. The Hall–Kier alpha value is -4.21. The summed E-state index contributed by atoms with van der Waals surface area (Å²) >= 11 is 0. The van der Waals surface area contributed by atoms with E-state index in [9.17, 15) is 9.59 Å². The van der Waals surface area contributed by atoms with Crippen molar-refractivity contribution in [1.82, 2.24) is 20.0 Å². The molecule has 2 amide bonds. The number of hydrazone groups is 1. The van der Waals surface area contributed by atoms with Gasteiger partial charge in [-0.1, -0.05) is 35.5 Å². The zero-order valence-electron chi connectivity index (χ0n) is 19.5. The largest absolute Gasteiger partial charge is 0.497 e. The first kappa shape index (κ1) is 22.6. The zero-order valence-corrected chi connectivity index (χ0v) is 19.5. The number of amides is 2. The topological polar surface area (TPSA) is 104 Å². The van der Waals surface area contributed by atoms with Gasteiger partial charge in [-0.25, -0.2) is 5.01 Å². The van der Waals surface area contributed by atoms with Crippen LogP contribution in [0, 0.1) is 0 Å². The maximum Gasteiger partial charge on any atom is 0.274 e. The molecule has 1 saturated heterocycles. The summed E-state index contributed by atoms with van der Waals surface area (Å²) in [6.07, 6.45) is 0.626. The summed E-state index contributed by atoms with van der Waals surface area (Å²) in [5.41, 5.74) is 2.43. The highest BCUT2D eigenvalue weighted by molar-refractivity contribution is 6.01. The van der Waals surface area contributed by atoms with Gasteiger partial charge in [-0.15, -0.1) is 0 Å². The number of anilines is 1. The standard InChI is InChI=1S/C25H26N6O4/c1-34-20-9-7-19(8-10-20)29-13-15-30(16-14-29)23(33)17-31-22(32)12-11-21(27-31)25-26-24(28-35-25)18-5-3-2-4-6-18/h2-10H,11-17H2,1H3. The van der Waals surface area contributed by atoms with Gasteiger partial charge in [-0.05, 0) is 24.3 Å². The van der Waals surface area contributed by atoms with E-state index in [0.29, 0.717) is 44.1 Å². The number of rotatable bonds is 6. The van der Waals surface area contributed by atoms with Gasteiger partial charge in [0.2, 0.25) is 17.6 Å². The molecule has 180 valence electrons. The van der Waals surface area contributed by atoms with Crippen molar-refractivity contribution in [3.05, 3.63) is 60.5 Å². The molecule has 2 aliphatic heterocycles. The Balaban J connectivity index is 1.21. The fourth-order valence-corrected chi connectivity index (χ4v) is 4.16. The lowest BCUT2D eigenvalue weighted by molar-refractivity contribution is -0.141. The van der Waals surface area contributed by atoms with Crippen LogP contribution in [-0.4, -0.2) is 77.4 Å².